The number of carbonyl (C=O) groups is 1. The number of amides is 1. The SMILES string of the molecule is CC1CCCC1NC(=O)C1Cc2ccccc2N1. The first-order valence-corrected chi connectivity index (χ1v) is 6.89. The summed E-state index contributed by atoms with van der Waals surface area (Å²) in [7, 11) is 0. The predicted octanol–water partition coefficient (Wildman–Crippen LogP) is 2.33. The van der Waals surface area contributed by atoms with Gasteiger partial charge in [-0.05, 0) is 30.4 Å². The Morgan fingerprint density at radius 3 is 2.89 bits per heavy atom. The molecule has 18 heavy (non-hydrogen) atoms. The molecule has 96 valence electrons. The highest BCUT2D eigenvalue weighted by Gasteiger charge is 2.30. The van der Waals surface area contributed by atoms with Gasteiger partial charge in [0.2, 0.25) is 5.91 Å². The molecule has 1 aromatic rings. The number of hydrogen-bond donors (Lipinski definition) is 2. The van der Waals surface area contributed by atoms with Crippen LogP contribution in [0.1, 0.15) is 31.7 Å². The van der Waals surface area contributed by atoms with E-state index in [0.717, 1.165) is 18.5 Å². The minimum absolute atomic E-state index is 0.0878. The first kappa shape index (κ1) is 11.6. The van der Waals surface area contributed by atoms with Gasteiger partial charge in [-0.15, -0.1) is 0 Å². The summed E-state index contributed by atoms with van der Waals surface area (Å²) >= 11 is 0. The molecule has 3 atom stereocenters. The van der Waals surface area contributed by atoms with E-state index in [9.17, 15) is 4.79 Å². The second-order valence-electron chi connectivity index (χ2n) is 5.58. The van der Waals surface area contributed by atoms with Crippen LogP contribution in [0.15, 0.2) is 24.3 Å². The molecule has 0 spiro atoms. The zero-order valence-corrected chi connectivity index (χ0v) is 10.8. The molecule has 0 radical (unpaired) electrons. The van der Waals surface area contributed by atoms with Gasteiger partial charge in [0.05, 0.1) is 0 Å². The first-order chi connectivity index (χ1) is 8.74. The second-order valence-corrected chi connectivity index (χ2v) is 5.58. The highest BCUT2D eigenvalue weighted by Crippen LogP contribution is 2.27. The van der Waals surface area contributed by atoms with Crippen LogP contribution >= 0.6 is 0 Å². The fourth-order valence-corrected chi connectivity index (χ4v) is 3.10. The van der Waals surface area contributed by atoms with Crippen molar-refractivity contribution in [2.75, 3.05) is 5.32 Å². The van der Waals surface area contributed by atoms with Crippen LogP contribution in [0.5, 0.6) is 0 Å². The Kier molecular flexibility index (Phi) is 2.98. The number of fused-ring (bicyclic) bond motifs is 1. The van der Waals surface area contributed by atoms with Gasteiger partial charge in [-0.1, -0.05) is 31.5 Å². The summed E-state index contributed by atoms with van der Waals surface area (Å²) in [5, 5.41) is 6.51. The number of anilines is 1. The normalized spacial score (nSPS) is 29.7. The van der Waals surface area contributed by atoms with E-state index in [0.29, 0.717) is 12.0 Å². The average Bonchev–Trinajstić information content (AvgIpc) is 2.96. The van der Waals surface area contributed by atoms with Crippen LogP contribution in [0.4, 0.5) is 5.69 Å². The largest absolute Gasteiger partial charge is 0.373 e. The lowest BCUT2D eigenvalue weighted by atomic mass is 10.1. The van der Waals surface area contributed by atoms with Crippen molar-refractivity contribution < 1.29 is 4.79 Å². The van der Waals surface area contributed by atoms with Gasteiger partial charge in [0.1, 0.15) is 6.04 Å². The van der Waals surface area contributed by atoms with Gasteiger partial charge in [-0.2, -0.15) is 0 Å². The third kappa shape index (κ3) is 2.09. The summed E-state index contributed by atoms with van der Waals surface area (Å²) in [6.45, 7) is 2.23. The highest BCUT2D eigenvalue weighted by molar-refractivity contribution is 5.87. The van der Waals surface area contributed by atoms with E-state index in [-0.39, 0.29) is 11.9 Å². The molecule has 1 fully saturated rings. The van der Waals surface area contributed by atoms with Crippen molar-refractivity contribution in [1.29, 1.82) is 0 Å². The molecule has 2 aliphatic rings. The minimum Gasteiger partial charge on any atom is -0.373 e. The summed E-state index contributed by atoms with van der Waals surface area (Å²) < 4.78 is 0. The van der Waals surface area contributed by atoms with Crippen LogP contribution in [-0.2, 0) is 11.2 Å². The van der Waals surface area contributed by atoms with E-state index in [4.69, 9.17) is 0 Å². The van der Waals surface area contributed by atoms with Gasteiger partial charge in [0.15, 0.2) is 0 Å². The highest BCUT2D eigenvalue weighted by atomic mass is 16.2. The predicted molar refractivity (Wildman–Crippen MR) is 72.5 cm³/mol. The summed E-state index contributed by atoms with van der Waals surface area (Å²) in [5.41, 5.74) is 2.36. The molecule has 1 aliphatic carbocycles. The Bertz CT molecular complexity index is 433. The molecular weight excluding hydrogens is 224 g/mol. The number of para-hydroxylation sites is 1. The molecule has 3 heteroatoms. The van der Waals surface area contributed by atoms with Crippen molar-refractivity contribution in [3.05, 3.63) is 29.8 Å². The van der Waals surface area contributed by atoms with Crippen molar-refractivity contribution in [3.8, 4) is 0 Å². The van der Waals surface area contributed by atoms with Crippen LogP contribution < -0.4 is 10.6 Å². The van der Waals surface area contributed by atoms with Crippen molar-refractivity contribution >= 4 is 11.6 Å². The van der Waals surface area contributed by atoms with Crippen LogP contribution in [0.2, 0.25) is 0 Å². The Morgan fingerprint density at radius 1 is 1.33 bits per heavy atom. The molecule has 1 aromatic carbocycles. The summed E-state index contributed by atoms with van der Waals surface area (Å²) in [6.07, 6.45) is 4.42. The molecule has 1 amide bonds. The van der Waals surface area contributed by atoms with E-state index in [1.54, 1.807) is 0 Å². The Labute approximate surface area is 108 Å². The van der Waals surface area contributed by atoms with Crippen LogP contribution in [-0.4, -0.2) is 18.0 Å². The van der Waals surface area contributed by atoms with Gasteiger partial charge >= 0.3 is 0 Å². The van der Waals surface area contributed by atoms with Crippen LogP contribution in [0.25, 0.3) is 0 Å². The van der Waals surface area contributed by atoms with Gasteiger partial charge in [-0.25, -0.2) is 0 Å². The zero-order chi connectivity index (χ0) is 12.5. The third-order valence-corrected chi connectivity index (χ3v) is 4.28. The fraction of sp³-hybridized carbons (Fsp3) is 0.533. The number of hydrogen-bond acceptors (Lipinski definition) is 2. The number of carbonyl (C=O) groups excluding carboxylic acids is 1. The number of benzene rings is 1. The monoisotopic (exact) mass is 244 g/mol. The lowest BCUT2D eigenvalue weighted by Crippen LogP contribution is -2.44. The van der Waals surface area contributed by atoms with E-state index in [1.807, 2.05) is 18.2 Å². The fourth-order valence-electron chi connectivity index (χ4n) is 3.10. The van der Waals surface area contributed by atoms with E-state index in [2.05, 4.69) is 23.6 Å². The molecule has 0 bridgehead atoms. The number of nitrogens with one attached hydrogen (secondary N) is 2. The molecular formula is C15H20N2O. The van der Waals surface area contributed by atoms with Crippen molar-refractivity contribution in [2.24, 2.45) is 5.92 Å². The summed E-state index contributed by atoms with van der Waals surface area (Å²) in [5.74, 6) is 0.780. The third-order valence-electron chi connectivity index (χ3n) is 4.28. The standard InChI is InChI=1S/C15H20N2O/c1-10-5-4-8-12(10)17-15(18)14-9-11-6-2-3-7-13(11)16-14/h2-3,6-7,10,12,14,16H,4-5,8-9H2,1H3,(H,17,18). The van der Waals surface area contributed by atoms with Crippen molar-refractivity contribution in [3.63, 3.8) is 0 Å². The van der Waals surface area contributed by atoms with Crippen molar-refractivity contribution in [1.82, 2.24) is 5.32 Å². The number of rotatable bonds is 2. The van der Waals surface area contributed by atoms with Gasteiger partial charge in [-0.3, -0.25) is 4.79 Å². The van der Waals surface area contributed by atoms with E-state index < -0.39 is 0 Å². The molecule has 1 heterocycles. The van der Waals surface area contributed by atoms with Crippen LogP contribution in [0.3, 0.4) is 0 Å². The van der Waals surface area contributed by atoms with E-state index in [1.165, 1.54) is 18.4 Å². The first-order valence-electron chi connectivity index (χ1n) is 6.89. The Balaban J connectivity index is 1.62. The lowest BCUT2D eigenvalue weighted by Gasteiger charge is -2.20. The maximum atomic E-state index is 12.2. The molecule has 0 saturated heterocycles. The van der Waals surface area contributed by atoms with E-state index >= 15 is 0 Å². The molecule has 2 N–H and O–H groups in total. The Hall–Kier alpha value is -1.51. The maximum Gasteiger partial charge on any atom is 0.243 e. The minimum atomic E-state index is -0.0878. The van der Waals surface area contributed by atoms with Crippen LogP contribution in [0, 0.1) is 5.92 Å². The second kappa shape index (κ2) is 4.63. The maximum absolute atomic E-state index is 12.2. The zero-order valence-electron chi connectivity index (χ0n) is 10.8. The van der Waals surface area contributed by atoms with Gasteiger partial charge in [0, 0.05) is 18.2 Å². The lowest BCUT2D eigenvalue weighted by molar-refractivity contribution is -0.122. The van der Waals surface area contributed by atoms with Gasteiger partial charge < -0.3 is 10.6 Å². The Morgan fingerprint density at radius 2 is 2.17 bits per heavy atom. The average molecular weight is 244 g/mol. The summed E-state index contributed by atoms with van der Waals surface area (Å²) in [4.78, 5) is 12.2. The van der Waals surface area contributed by atoms with Gasteiger partial charge in [0.25, 0.3) is 0 Å². The smallest absolute Gasteiger partial charge is 0.243 e. The van der Waals surface area contributed by atoms with Crippen molar-refractivity contribution in [2.45, 2.75) is 44.7 Å². The molecule has 0 aromatic heterocycles. The molecule has 3 nitrogen and oxygen atoms in total. The molecule has 3 rings (SSSR count). The molecule has 3 unspecified atom stereocenters. The molecule has 1 aliphatic heterocycles. The molecule has 1 saturated carbocycles. The summed E-state index contributed by atoms with van der Waals surface area (Å²) in [6, 6.07) is 8.46. The quantitative estimate of drug-likeness (QED) is 0.838. The topological polar surface area (TPSA) is 41.1 Å².